The molecule has 1 unspecified atom stereocenters. The first-order valence-corrected chi connectivity index (χ1v) is 12.0. The number of benzene rings is 3. The lowest BCUT2D eigenvalue weighted by Gasteiger charge is -2.40. The molecule has 0 saturated carbocycles. The van der Waals surface area contributed by atoms with Crippen LogP contribution < -0.4 is 15.0 Å². The van der Waals surface area contributed by atoms with E-state index in [0.717, 1.165) is 66.7 Å². The molecule has 35 heavy (non-hydrogen) atoms. The number of fused-ring (bicyclic) bond motifs is 3. The first kappa shape index (κ1) is 24.9. The minimum Gasteiger partial charge on any atom is -0.497 e. The molecule has 1 aliphatic heterocycles. The molecule has 1 atom stereocenters. The summed E-state index contributed by atoms with van der Waals surface area (Å²) in [6, 6.07) is 21.8. The second kappa shape index (κ2) is 11.0. The van der Waals surface area contributed by atoms with E-state index < -0.39 is 0 Å². The van der Waals surface area contributed by atoms with Gasteiger partial charge in [-0.2, -0.15) is 0 Å². The molecule has 1 aliphatic rings. The van der Waals surface area contributed by atoms with Crippen molar-refractivity contribution in [1.29, 1.82) is 0 Å². The van der Waals surface area contributed by atoms with Crippen LogP contribution in [0.1, 0.15) is 30.1 Å². The lowest BCUT2D eigenvalue weighted by atomic mass is 10.1. The molecular weight excluding hydrogens is 462 g/mol. The van der Waals surface area contributed by atoms with Crippen LogP contribution in [0.25, 0.3) is 21.9 Å². The third kappa shape index (κ3) is 5.24. The smallest absolute Gasteiger partial charge is 0.252 e. The van der Waals surface area contributed by atoms with Crippen molar-refractivity contribution in [1.82, 2.24) is 10.2 Å². The largest absolute Gasteiger partial charge is 0.497 e. The number of para-hydroxylation sites is 1. The quantitative estimate of drug-likeness (QED) is 0.358. The van der Waals surface area contributed by atoms with Gasteiger partial charge in [-0.15, -0.1) is 12.4 Å². The maximum atomic E-state index is 13.2. The van der Waals surface area contributed by atoms with E-state index in [9.17, 15) is 4.79 Å². The van der Waals surface area contributed by atoms with Crippen LogP contribution in [0, 0.1) is 0 Å². The topological polar surface area (TPSA) is 58.0 Å². The first-order chi connectivity index (χ1) is 16.7. The van der Waals surface area contributed by atoms with Crippen molar-refractivity contribution in [3.8, 4) is 5.75 Å². The highest BCUT2D eigenvalue weighted by Crippen LogP contribution is 2.29. The number of piperazine rings is 1. The van der Waals surface area contributed by atoms with Crippen molar-refractivity contribution in [2.75, 3.05) is 38.2 Å². The zero-order valence-electron chi connectivity index (χ0n) is 20.2. The van der Waals surface area contributed by atoms with Gasteiger partial charge in [0.2, 0.25) is 0 Å². The Morgan fingerprint density at radius 2 is 1.74 bits per heavy atom. The number of carbonyl (C=O) groups is 1. The van der Waals surface area contributed by atoms with Crippen LogP contribution in [-0.2, 0) is 0 Å². The van der Waals surface area contributed by atoms with Crippen molar-refractivity contribution in [2.45, 2.75) is 25.9 Å². The maximum absolute atomic E-state index is 13.2. The van der Waals surface area contributed by atoms with Gasteiger partial charge in [-0.05, 0) is 42.8 Å². The molecule has 6 nitrogen and oxygen atoms in total. The summed E-state index contributed by atoms with van der Waals surface area (Å²) in [6.07, 6.45) is 1.94. The minimum atomic E-state index is -0.0409. The Morgan fingerprint density at radius 3 is 2.51 bits per heavy atom. The molecule has 1 aromatic heterocycles. The van der Waals surface area contributed by atoms with Crippen LogP contribution >= 0.6 is 12.4 Å². The third-order valence-electron chi connectivity index (χ3n) is 6.67. The molecule has 184 valence electrons. The highest BCUT2D eigenvalue weighted by molar-refractivity contribution is 6.08. The molecule has 2 heterocycles. The van der Waals surface area contributed by atoms with E-state index in [4.69, 9.17) is 9.15 Å². The number of nitrogens with one attached hydrogen (secondary N) is 1. The number of rotatable bonds is 7. The van der Waals surface area contributed by atoms with Gasteiger partial charge in [-0.1, -0.05) is 37.6 Å². The highest BCUT2D eigenvalue weighted by Gasteiger charge is 2.25. The molecule has 0 radical (unpaired) electrons. The van der Waals surface area contributed by atoms with E-state index in [2.05, 4.69) is 34.2 Å². The van der Waals surface area contributed by atoms with Crippen LogP contribution in [0.5, 0.6) is 5.75 Å². The summed E-state index contributed by atoms with van der Waals surface area (Å²) in [6.45, 7) is 5.78. The Balaban J connectivity index is 0.00000289. The highest BCUT2D eigenvalue weighted by atomic mass is 35.5. The molecule has 1 amide bonds. The monoisotopic (exact) mass is 493 g/mol. The number of nitrogens with zero attached hydrogens (tertiary/aromatic N) is 2. The molecule has 0 bridgehead atoms. The van der Waals surface area contributed by atoms with E-state index in [0.29, 0.717) is 5.56 Å². The van der Waals surface area contributed by atoms with Crippen LogP contribution in [0.15, 0.2) is 71.1 Å². The molecule has 5 rings (SSSR count). The number of furan rings is 1. The molecule has 0 aliphatic carbocycles. The van der Waals surface area contributed by atoms with Crippen LogP contribution in [-0.4, -0.2) is 50.3 Å². The second-order valence-electron chi connectivity index (χ2n) is 8.81. The van der Waals surface area contributed by atoms with Crippen LogP contribution in [0.2, 0.25) is 0 Å². The number of halogens is 1. The molecule has 4 aromatic rings. The van der Waals surface area contributed by atoms with Crippen molar-refractivity contribution in [2.24, 2.45) is 0 Å². The Hall–Kier alpha value is -3.22. The third-order valence-corrected chi connectivity index (χ3v) is 6.67. The van der Waals surface area contributed by atoms with Gasteiger partial charge in [0.05, 0.1) is 13.3 Å². The van der Waals surface area contributed by atoms with Crippen molar-refractivity contribution < 1.29 is 13.9 Å². The molecule has 0 spiro atoms. The van der Waals surface area contributed by atoms with E-state index in [1.54, 1.807) is 7.11 Å². The van der Waals surface area contributed by atoms with Gasteiger partial charge < -0.3 is 19.4 Å². The Labute approximate surface area is 212 Å². The second-order valence-corrected chi connectivity index (χ2v) is 8.81. The van der Waals surface area contributed by atoms with E-state index in [1.165, 1.54) is 5.69 Å². The molecule has 1 saturated heterocycles. The molecule has 1 N–H and O–H groups in total. The average molecular weight is 494 g/mol. The summed E-state index contributed by atoms with van der Waals surface area (Å²) in [4.78, 5) is 18.0. The van der Waals surface area contributed by atoms with Crippen molar-refractivity contribution in [3.05, 3.63) is 72.3 Å². The summed E-state index contributed by atoms with van der Waals surface area (Å²) >= 11 is 0. The normalized spacial score (nSPS) is 15.1. The van der Waals surface area contributed by atoms with Gasteiger partial charge in [0.15, 0.2) is 0 Å². The van der Waals surface area contributed by atoms with Crippen LogP contribution in [0.3, 0.4) is 0 Å². The maximum Gasteiger partial charge on any atom is 0.252 e. The van der Waals surface area contributed by atoms with Crippen molar-refractivity contribution in [3.63, 3.8) is 0 Å². The van der Waals surface area contributed by atoms with Gasteiger partial charge >= 0.3 is 0 Å². The summed E-state index contributed by atoms with van der Waals surface area (Å²) < 4.78 is 11.3. The Morgan fingerprint density at radius 1 is 0.971 bits per heavy atom. The van der Waals surface area contributed by atoms with Gasteiger partial charge in [0.25, 0.3) is 5.91 Å². The van der Waals surface area contributed by atoms with Crippen LogP contribution in [0.4, 0.5) is 5.69 Å². The van der Waals surface area contributed by atoms with Gasteiger partial charge in [-0.25, -0.2) is 0 Å². The lowest BCUT2D eigenvalue weighted by Crippen LogP contribution is -2.56. The zero-order chi connectivity index (χ0) is 23.5. The predicted molar refractivity (Wildman–Crippen MR) is 144 cm³/mol. The summed E-state index contributed by atoms with van der Waals surface area (Å²) in [5.41, 5.74) is 3.48. The number of carbonyl (C=O) groups excluding carboxylic acids is 1. The molecule has 1 fully saturated rings. The number of ether oxygens (including phenoxy) is 1. The molecule has 7 heteroatoms. The van der Waals surface area contributed by atoms with Crippen molar-refractivity contribution >= 4 is 45.9 Å². The molecule has 3 aromatic carbocycles. The number of hydrogen-bond acceptors (Lipinski definition) is 5. The lowest BCUT2D eigenvalue weighted by molar-refractivity contribution is 0.0824. The number of hydrogen-bond donors (Lipinski definition) is 1. The van der Waals surface area contributed by atoms with E-state index in [1.807, 2.05) is 54.6 Å². The van der Waals surface area contributed by atoms with Gasteiger partial charge in [-0.3, -0.25) is 9.69 Å². The number of anilines is 1. The standard InChI is InChI=1S/C28H31N3O3.ClH/c1-3-7-27(31-16-14-30(15-17-31)21-8-6-9-22(19-21)33-2)29-28(32)20-12-13-26-24(18-20)23-10-4-5-11-25(23)34-26;/h4-6,8-13,18-19,27H,3,7,14-17H2,1-2H3,(H,29,32);1H. The van der Waals surface area contributed by atoms with E-state index in [-0.39, 0.29) is 24.5 Å². The SMILES string of the molecule is CCCC(NC(=O)c1ccc2oc3ccccc3c2c1)N1CCN(c2cccc(OC)c2)CC1.Cl. The summed E-state index contributed by atoms with van der Waals surface area (Å²) in [5, 5.41) is 5.31. The van der Waals surface area contributed by atoms with E-state index >= 15 is 0 Å². The zero-order valence-corrected chi connectivity index (χ0v) is 21.0. The molecular formula is C28H32ClN3O3. The Kier molecular flexibility index (Phi) is 7.83. The fourth-order valence-corrected chi connectivity index (χ4v) is 4.82. The fraction of sp³-hybridized carbons (Fsp3) is 0.321. The number of amides is 1. The predicted octanol–water partition coefficient (Wildman–Crippen LogP) is 5.69. The summed E-state index contributed by atoms with van der Waals surface area (Å²) in [7, 11) is 1.70. The summed E-state index contributed by atoms with van der Waals surface area (Å²) in [5.74, 6) is 0.833. The Bertz CT molecular complexity index is 1300. The minimum absolute atomic E-state index is 0. The first-order valence-electron chi connectivity index (χ1n) is 12.0. The average Bonchev–Trinajstić information content (AvgIpc) is 3.26. The van der Waals surface area contributed by atoms with Gasteiger partial charge in [0, 0.05) is 54.3 Å². The van der Waals surface area contributed by atoms with Gasteiger partial charge in [0.1, 0.15) is 16.9 Å². The number of methoxy groups -OCH3 is 1. The fourth-order valence-electron chi connectivity index (χ4n) is 4.82.